The Morgan fingerprint density at radius 2 is 0.960 bits per heavy atom. The number of carbonyl (C=O) groups excluding carboxylic acids is 2. The van der Waals surface area contributed by atoms with Crippen molar-refractivity contribution >= 4 is 11.6 Å². The number of hydrogen-bond donors (Lipinski definition) is 2. The zero-order valence-corrected chi connectivity index (χ0v) is 15.0. The molecule has 1 radical (unpaired) electrons. The topological polar surface area (TPSA) is 74.6 Å². The third-order valence-corrected chi connectivity index (χ3v) is 2.80. The van der Waals surface area contributed by atoms with Crippen molar-refractivity contribution in [3.63, 3.8) is 0 Å². The monoisotopic (exact) mass is 383 g/mol. The number of hydrogen-bond acceptors (Lipinski definition) is 4. The maximum Gasteiger partial charge on any atom is 0.189 e. The fourth-order valence-electron chi connectivity index (χ4n) is 1.75. The molecule has 0 aliphatic heterocycles. The second-order valence-corrected chi connectivity index (χ2v) is 5.03. The molecule has 2 aromatic rings. The molecule has 0 bridgehead atoms. The van der Waals surface area contributed by atoms with E-state index in [0.717, 1.165) is 0 Å². The Labute approximate surface area is 157 Å². The minimum atomic E-state index is -0.171. The van der Waals surface area contributed by atoms with E-state index in [1.54, 1.807) is 48.5 Å². The Morgan fingerprint density at radius 3 is 1.20 bits per heavy atom. The second-order valence-electron chi connectivity index (χ2n) is 5.03. The van der Waals surface area contributed by atoms with Crippen molar-refractivity contribution in [1.82, 2.24) is 0 Å². The molecule has 0 heterocycles. The van der Waals surface area contributed by atoms with Gasteiger partial charge in [0.2, 0.25) is 0 Å². The van der Waals surface area contributed by atoms with Crippen LogP contribution < -0.4 is 0 Å². The molecule has 0 saturated carbocycles. The van der Waals surface area contributed by atoms with Crippen LogP contribution in [0.4, 0.5) is 0 Å². The van der Waals surface area contributed by atoms with Crippen LogP contribution in [0.3, 0.4) is 0 Å². The van der Waals surface area contributed by atoms with E-state index in [9.17, 15) is 9.59 Å². The van der Waals surface area contributed by atoms with Crippen LogP contribution in [0.1, 0.15) is 34.6 Å². The molecule has 0 aliphatic rings. The van der Waals surface area contributed by atoms with E-state index in [4.69, 9.17) is 10.2 Å². The Bertz CT molecular complexity index is 661. The third-order valence-electron chi connectivity index (χ3n) is 2.80. The smallest absolute Gasteiger partial charge is 0.189 e. The second kappa shape index (κ2) is 11.8. The molecule has 5 heteroatoms. The van der Waals surface area contributed by atoms with Crippen molar-refractivity contribution in [2.24, 2.45) is 0 Å². The average Bonchev–Trinajstić information content (AvgIpc) is 2.56. The van der Waals surface area contributed by atoms with Gasteiger partial charge in [0.05, 0.1) is 11.5 Å². The fraction of sp³-hybridized carbons (Fsp3) is 0.100. The summed E-state index contributed by atoms with van der Waals surface area (Å²) in [6.45, 7) is 2.95. The Kier molecular flexibility index (Phi) is 10.6. The van der Waals surface area contributed by atoms with Gasteiger partial charge in [-0.1, -0.05) is 60.7 Å². The maximum atomic E-state index is 11.2. The van der Waals surface area contributed by atoms with Gasteiger partial charge in [0, 0.05) is 40.1 Å². The molecule has 4 nitrogen and oxygen atoms in total. The van der Waals surface area contributed by atoms with Gasteiger partial charge in [-0.2, -0.15) is 0 Å². The van der Waals surface area contributed by atoms with Crippen molar-refractivity contribution in [2.45, 2.75) is 13.8 Å². The largest absolute Gasteiger partial charge is 0.512 e. The van der Waals surface area contributed by atoms with Gasteiger partial charge >= 0.3 is 0 Å². The summed E-state index contributed by atoms with van der Waals surface area (Å²) in [7, 11) is 0. The molecule has 0 unspecified atom stereocenters. The number of allylic oxidation sites excluding steroid dienone is 4. The van der Waals surface area contributed by atoms with Crippen molar-refractivity contribution in [3.8, 4) is 0 Å². The van der Waals surface area contributed by atoms with Gasteiger partial charge in [0.1, 0.15) is 0 Å². The van der Waals surface area contributed by atoms with Crippen molar-refractivity contribution in [1.29, 1.82) is 0 Å². The van der Waals surface area contributed by atoms with Gasteiger partial charge in [0.15, 0.2) is 11.6 Å². The van der Waals surface area contributed by atoms with E-state index >= 15 is 0 Å². The summed E-state index contributed by atoms with van der Waals surface area (Å²) >= 11 is 0. The first-order valence-corrected chi connectivity index (χ1v) is 7.33. The molecule has 25 heavy (non-hydrogen) atoms. The summed E-state index contributed by atoms with van der Waals surface area (Å²) < 4.78 is 0. The van der Waals surface area contributed by atoms with Gasteiger partial charge in [-0.05, 0) is 13.8 Å². The van der Waals surface area contributed by atoms with Gasteiger partial charge in [-0.15, -0.1) is 0 Å². The van der Waals surface area contributed by atoms with E-state index < -0.39 is 0 Å². The molecular formula is C20H20CoO4. The van der Waals surface area contributed by atoms with E-state index in [1.165, 1.54) is 26.0 Å². The molecule has 0 atom stereocenters. The molecule has 0 fully saturated rings. The van der Waals surface area contributed by atoms with Crippen LogP contribution in [0.15, 0.2) is 84.3 Å². The molecule has 0 spiro atoms. The van der Waals surface area contributed by atoms with E-state index in [1.807, 2.05) is 12.1 Å². The number of aliphatic hydroxyl groups excluding tert-OH is 2. The van der Waals surface area contributed by atoms with E-state index in [-0.39, 0.29) is 39.9 Å². The zero-order valence-electron chi connectivity index (χ0n) is 14.0. The van der Waals surface area contributed by atoms with Crippen LogP contribution in [-0.4, -0.2) is 21.8 Å². The van der Waals surface area contributed by atoms with Crippen LogP contribution in [0.5, 0.6) is 0 Å². The van der Waals surface area contributed by atoms with Crippen molar-refractivity contribution in [2.75, 3.05) is 0 Å². The molecule has 0 aliphatic carbocycles. The van der Waals surface area contributed by atoms with Gasteiger partial charge in [-0.25, -0.2) is 0 Å². The first-order chi connectivity index (χ1) is 11.4. The van der Waals surface area contributed by atoms with Crippen LogP contribution in [0, 0.1) is 0 Å². The van der Waals surface area contributed by atoms with Crippen LogP contribution in [-0.2, 0) is 16.8 Å². The molecule has 0 saturated heterocycles. The Morgan fingerprint density at radius 1 is 0.680 bits per heavy atom. The zero-order chi connectivity index (χ0) is 17.9. The minimum absolute atomic E-state index is 0. The number of carbonyl (C=O) groups is 2. The standard InChI is InChI=1S/2C10H10O2.Co/c2*1-8(11)7-10(12)9-5-3-2-4-6-9;/h2*2-7,11H,1H3;/b2*8-7+;. The van der Waals surface area contributed by atoms with E-state index in [2.05, 4.69) is 0 Å². The summed E-state index contributed by atoms with van der Waals surface area (Å²) in [5, 5.41) is 17.6. The van der Waals surface area contributed by atoms with Crippen LogP contribution in [0.25, 0.3) is 0 Å². The molecular weight excluding hydrogens is 363 g/mol. The fourth-order valence-corrected chi connectivity index (χ4v) is 1.75. The molecule has 2 rings (SSSR count). The summed E-state index contributed by atoms with van der Waals surface area (Å²) in [5.74, 6) is -0.279. The molecule has 0 aromatic heterocycles. The summed E-state index contributed by atoms with van der Waals surface area (Å²) in [4.78, 5) is 22.4. The average molecular weight is 383 g/mol. The SMILES string of the molecule is C/C(O)=C\C(=O)c1ccccc1.C/C(O)=C\C(=O)c1ccccc1.[Co]. The predicted octanol–water partition coefficient (Wildman–Crippen LogP) is 4.66. The Balaban J connectivity index is 0.000000443. The quantitative estimate of drug-likeness (QED) is 0.458. The summed E-state index contributed by atoms with van der Waals surface area (Å²) in [6.07, 6.45) is 2.41. The normalized spacial score (nSPS) is 10.8. The molecule has 133 valence electrons. The molecule has 2 N–H and O–H groups in total. The third kappa shape index (κ3) is 9.29. The van der Waals surface area contributed by atoms with E-state index in [0.29, 0.717) is 11.1 Å². The maximum absolute atomic E-state index is 11.2. The first kappa shape index (κ1) is 22.4. The predicted molar refractivity (Wildman–Crippen MR) is 94.3 cm³/mol. The molecule has 2 aromatic carbocycles. The van der Waals surface area contributed by atoms with Crippen LogP contribution in [0.2, 0.25) is 0 Å². The van der Waals surface area contributed by atoms with Gasteiger partial charge in [-0.3, -0.25) is 9.59 Å². The van der Waals surface area contributed by atoms with Crippen molar-refractivity contribution in [3.05, 3.63) is 95.5 Å². The number of ketones is 2. The number of aliphatic hydroxyl groups is 2. The van der Waals surface area contributed by atoms with Crippen LogP contribution >= 0.6 is 0 Å². The minimum Gasteiger partial charge on any atom is -0.512 e. The summed E-state index contributed by atoms with van der Waals surface area (Å²) in [5.41, 5.74) is 1.18. The molecule has 0 amide bonds. The Hall–Kier alpha value is -2.63. The van der Waals surface area contributed by atoms with Gasteiger partial charge < -0.3 is 10.2 Å². The van der Waals surface area contributed by atoms with Crippen molar-refractivity contribution < 1.29 is 36.6 Å². The number of rotatable bonds is 4. The van der Waals surface area contributed by atoms with Gasteiger partial charge in [0.25, 0.3) is 0 Å². The first-order valence-electron chi connectivity index (χ1n) is 7.33. The number of benzene rings is 2. The summed E-state index contributed by atoms with van der Waals surface area (Å²) in [6, 6.07) is 17.7.